The number of alkyl halides is 3. The fourth-order valence-electron chi connectivity index (χ4n) is 2.46. The molecule has 2 rings (SSSR count). The van der Waals surface area contributed by atoms with Crippen LogP contribution < -0.4 is 0 Å². The van der Waals surface area contributed by atoms with Crippen molar-refractivity contribution in [3.63, 3.8) is 0 Å². The van der Waals surface area contributed by atoms with E-state index in [1.54, 1.807) is 0 Å². The molecule has 0 aliphatic carbocycles. The van der Waals surface area contributed by atoms with Gasteiger partial charge in [-0.25, -0.2) is 4.79 Å². The minimum absolute atomic E-state index is 0.404. The Balaban J connectivity index is 0.000000351. The van der Waals surface area contributed by atoms with Crippen LogP contribution >= 0.6 is 0 Å². The van der Waals surface area contributed by atoms with Gasteiger partial charge in [-0.1, -0.05) is 13.3 Å². The first-order valence-corrected chi connectivity index (χ1v) is 7.84. The Hall–Kier alpha value is -1.61. The van der Waals surface area contributed by atoms with Crippen LogP contribution in [0.1, 0.15) is 37.6 Å². The third-order valence-electron chi connectivity index (χ3n) is 3.62. The van der Waals surface area contributed by atoms with Gasteiger partial charge in [0.15, 0.2) is 0 Å². The molecule has 2 heterocycles. The summed E-state index contributed by atoms with van der Waals surface area (Å²) in [5.41, 5.74) is 2.41. The highest BCUT2D eigenvalue weighted by molar-refractivity contribution is 5.73. The summed E-state index contributed by atoms with van der Waals surface area (Å²) in [6.07, 6.45) is -0.0376. The second-order valence-corrected chi connectivity index (χ2v) is 5.67. The van der Waals surface area contributed by atoms with Crippen LogP contribution in [0.5, 0.6) is 0 Å². The molecule has 1 aliphatic rings. The Morgan fingerprint density at radius 1 is 1.54 bits per heavy atom. The van der Waals surface area contributed by atoms with Crippen molar-refractivity contribution in [2.45, 2.75) is 51.4 Å². The fraction of sp³-hybridized carbons (Fsp3) is 0.733. The van der Waals surface area contributed by atoms with Gasteiger partial charge >= 0.3 is 12.1 Å². The van der Waals surface area contributed by atoms with Crippen LogP contribution in [0, 0.1) is 0 Å². The monoisotopic (exact) mass is 351 g/mol. The number of nitrogens with zero attached hydrogens (tertiary/aromatic N) is 2. The predicted molar refractivity (Wildman–Crippen MR) is 81.6 cm³/mol. The summed E-state index contributed by atoms with van der Waals surface area (Å²) in [5, 5.41) is 14.6. The molecule has 24 heavy (non-hydrogen) atoms. The molecule has 0 amide bonds. The van der Waals surface area contributed by atoms with Crippen molar-refractivity contribution in [2.24, 2.45) is 0 Å². The van der Waals surface area contributed by atoms with Crippen LogP contribution in [0.2, 0.25) is 0 Å². The van der Waals surface area contributed by atoms with Crippen molar-refractivity contribution in [1.82, 2.24) is 15.1 Å². The highest BCUT2D eigenvalue weighted by Crippen LogP contribution is 2.15. The number of piperidine rings is 1. The summed E-state index contributed by atoms with van der Waals surface area (Å²) < 4.78 is 37.2. The quantitative estimate of drug-likeness (QED) is 0.853. The first kappa shape index (κ1) is 20.4. The van der Waals surface area contributed by atoms with Gasteiger partial charge < -0.3 is 9.84 Å². The van der Waals surface area contributed by atoms with E-state index in [2.05, 4.69) is 28.1 Å². The van der Waals surface area contributed by atoms with E-state index in [1.807, 2.05) is 7.11 Å². The fourth-order valence-corrected chi connectivity index (χ4v) is 2.46. The minimum atomic E-state index is -5.08. The SMILES string of the molecule is CCCc1cc(CN2CCCC(OC)C2)[nH]n1.O=C(O)C(F)(F)F. The zero-order valence-corrected chi connectivity index (χ0v) is 13.9. The maximum atomic E-state index is 10.6. The van der Waals surface area contributed by atoms with Gasteiger partial charge in [-0.05, 0) is 31.9 Å². The molecule has 0 bridgehead atoms. The molecule has 1 aliphatic heterocycles. The molecule has 1 atom stereocenters. The second kappa shape index (κ2) is 9.63. The number of halogens is 3. The van der Waals surface area contributed by atoms with Crippen molar-refractivity contribution >= 4 is 5.97 Å². The molecule has 9 heteroatoms. The standard InChI is InChI=1S/C13H23N3O.C2HF3O2/c1-3-5-11-8-12(15-14-11)9-16-7-4-6-13(10-16)17-2;3-2(4,5)1(6)7/h8,13H,3-7,9-10H2,1-2H3,(H,14,15);(H,6,7). The van der Waals surface area contributed by atoms with Gasteiger partial charge in [0.25, 0.3) is 0 Å². The first-order valence-electron chi connectivity index (χ1n) is 7.84. The van der Waals surface area contributed by atoms with E-state index >= 15 is 0 Å². The van der Waals surface area contributed by atoms with Gasteiger partial charge in [-0.3, -0.25) is 10.00 Å². The average molecular weight is 351 g/mol. The lowest BCUT2D eigenvalue weighted by molar-refractivity contribution is -0.192. The third kappa shape index (κ3) is 7.31. The van der Waals surface area contributed by atoms with E-state index < -0.39 is 12.1 Å². The van der Waals surface area contributed by atoms with Gasteiger partial charge in [-0.2, -0.15) is 18.3 Å². The molecule has 1 saturated heterocycles. The van der Waals surface area contributed by atoms with Crippen molar-refractivity contribution in [2.75, 3.05) is 20.2 Å². The number of aromatic nitrogens is 2. The van der Waals surface area contributed by atoms with Gasteiger partial charge in [0.2, 0.25) is 0 Å². The van der Waals surface area contributed by atoms with Gasteiger partial charge in [-0.15, -0.1) is 0 Å². The third-order valence-corrected chi connectivity index (χ3v) is 3.62. The topological polar surface area (TPSA) is 78.5 Å². The average Bonchev–Trinajstić information content (AvgIpc) is 2.94. The Bertz CT molecular complexity index is 506. The molecule has 0 saturated carbocycles. The van der Waals surface area contributed by atoms with Gasteiger partial charge in [0.1, 0.15) is 0 Å². The number of hydrogen-bond donors (Lipinski definition) is 2. The van der Waals surface area contributed by atoms with Crippen molar-refractivity contribution < 1.29 is 27.8 Å². The normalized spacial score (nSPS) is 18.8. The maximum Gasteiger partial charge on any atom is 0.490 e. The number of rotatable bonds is 5. The summed E-state index contributed by atoms with van der Waals surface area (Å²) in [6, 6.07) is 2.19. The number of hydrogen-bond acceptors (Lipinski definition) is 4. The van der Waals surface area contributed by atoms with Crippen molar-refractivity contribution in [3.8, 4) is 0 Å². The molecule has 1 unspecified atom stereocenters. The number of ether oxygens (including phenoxy) is 1. The number of carboxylic acid groups (broad SMARTS) is 1. The zero-order chi connectivity index (χ0) is 18.2. The minimum Gasteiger partial charge on any atom is -0.475 e. The van der Waals surface area contributed by atoms with Crippen molar-refractivity contribution in [3.05, 3.63) is 17.5 Å². The number of likely N-dealkylation sites (tertiary alicyclic amines) is 1. The summed E-state index contributed by atoms with van der Waals surface area (Å²) in [4.78, 5) is 11.3. The van der Waals surface area contributed by atoms with Crippen LogP contribution in [-0.4, -0.2) is 58.7 Å². The van der Waals surface area contributed by atoms with E-state index in [9.17, 15) is 13.2 Å². The lowest BCUT2D eigenvalue weighted by atomic mass is 10.1. The number of aryl methyl sites for hydroxylation is 1. The number of aromatic amines is 1. The first-order chi connectivity index (χ1) is 11.3. The Kier molecular flexibility index (Phi) is 8.20. The molecule has 0 spiro atoms. The molecule has 2 N–H and O–H groups in total. The summed E-state index contributed by atoms with van der Waals surface area (Å²) in [6.45, 7) is 5.36. The maximum absolute atomic E-state index is 10.6. The summed E-state index contributed by atoms with van der Waals surface area (Å²) in [5.74, 6) is -2.76. The second-order valence-electron chi connectivity index (χ2n) is 5.67. The highest BCUT2D eigenvalue weighted by Gasteiger charge is 2.38. The van der Waals surface area contributed by atoms with E-state index in [0.717, 1.165) is 25.9 Å². The number of carboxylic acids is 1. The predicted octanol–water partition coefficient (Wildman–Crippen LogP) is 2.61. The molecule has 138 valence electrons. The lowest BCUT2D eigenvalue weighted by Crippen LogP contribution is -2.38. The lowest BCUT2D eigenvalue weighted by Gasteiger charge is -2.31. The van der Waals surface area contributed by atoms with Gasteiger partial charge in [0.05, 0.1) is 11.8 Å². The molecule has 1 aromatic heterocycles. The van der Waals surface area contributed by atoms with Crippen LogP contribution in [0.3, 0.4) is 0 Å². The largest absolute Gasteiger partial charge is 0.490 e. The Labute approximate surface area is 139 Å². The van der Waals surface area contributed by atoms with Crippen molar-refractivity contribution in [1.29, 1.82) is 0 Å². The van der Waals surface area contributed by atoms with Crippen LogP contribution in [0.15, 0.2) is 6.07 Å². The van der Waals surface area contributed by atoms with Crippen LogP contribution in [0.4, 0.5) is 13.2 Å². The van der Waals surface area contributed by atoms with E-state index in [-0.39, 0.29) is 0 Å². The molecular formula is C15H24F3N3O3. The van der Waals surface area contributed by atoms with E-state index in [0.29, 0.717) is 6.10 Å². The molecule has 0 radical (unpaired) electrons. The Morgan fingerprint density at radius 3 is 2.75 bits per heavy atom. The van der Waals surface area contributed by atoms with E-state index in [1.165, 1.54) is 30.8 Å². The summed E-state index contributed by atoms with van der Waals surface area (Å²) >= 11 is 0. The Morgan fingerprint density at radius 2 is 2.21 bits per heavy atom. The number of H-pyrrole nitrogens is 1. The van der Waals surface area contributed by atoms with E-state index in [4.69, 9.17) is 14.6 Å². The van der Waals surface area contributed by atoms with Crippen LogP contribution in [0.25, 0.3) is 0 Å². The molecular weight excluding hydrogens is 327 g/mol. The summed E-state index contributed by atoms with van der Waals surface area (Å²) in [7, 11) is 1.81. The van der Waals surface area contributed by atoms with Gasteiger partial charge in [0, 0.05) is 25.9 Å². The molecule has 6 nitrogen and oxygen atoms in total. The number of methoxy groups -OCH3 is 1. The van der Waals surface area contributed by atoms with Crippen LogP contribution in [-0.2, 0) is 22.5 Å². The highest BCUT2D eigenvalue weighted by atomic mass is 19.4. The molecule has 1 aromatic rings. The smallest absolute Gasteiger partial charge is 0.475 e. The molecule has 0 aromatic carbocycles. The number of carbonyl (C=O) groups is 1. The number of nitrogens with one attached hydrogen (secondary N) is 1. The molecule has 1 fully saturated rings. The zero-order valence-electron chi connectivity index (χ0n) is 13.9. The number of aliphatic carboxylic acids is 1.